The Morgan fingerprint density at radius 3 is 2.35 bits per heavy atom. The summed E-state index contributed by atoms with van der Waals surface area (Å²) in [5.41, 5.74) is 2.69. The number of nitrogens with one attached hydrogen (secondary N) is 2. The van der Waals surface area contributed by atoms with Crippen molar-refractivity contribution in [3.63, 3.8) is 0 Å². The summed E-state index contributed by atoms with van der Waals surface area (Å²) < 4.78 is 0. The Hall–Kier alpha value is -3.21. The van der Waals surface area contributed by atoms with Gasteiger partial charge in [0, 0.05) is 12.6 Å². The zero-order valence-corrected chi connectivity index (χ0v) is 14.3. The number of imidazole rings is 1. The molecule has 0 saturated carbocycles. The highest BCUT2D eigenvalue weighted by Gasteiger charge is 2.24. The molecular weight excluding hydrogens is 326 g/mol. The average molecular weight is 346 g/mol. The van der Waals surface area contributed by atoms with E-state index in [0.717, 1.165) is 11.1 Å². The van der Waals surface area contributed by atoms with E-state index in [1.807, 2.05) is 66.9 Å². The van der Waals surface area contributed by atoms with Gasteiger partial charge in [-0.05, 0) is 17.5 Å². The van der Waals surface area contributed by atoms with Gasteiger partial charge in [-0.25, -0.2) is 4.98 Å². The second-order valence-electron chi connectivity index (χ2n) is 6.10. The van der Waals surface area contributed by atoms with Crippen LogP contribution in [0.4, 0.5) is 0 Å². The van der Waals surface area contributed by atoms with Crippen LogP contribution in [0.2, 0.25) is 0 Å². The number of hydrogen-bond acceptors (Lipinski definition) is 3. The van der Waals surface area contributed by atoms with E-state index in [-0.39, 0.29) is 11.8 Å². The summed E-state index contributed by atoms with van der Waals surface area (Å²) in [6.45, 7) is 0. The molecule has 0 aliphatic rings. The largest absolute Gasteiger partial charge is 0.351 e. The molecule has 0 aliphatic carbocycles. The van der Waals surface area contributed by atoms with Gasteiger partial charge in [0.25, 0.3) is 0 Å². The van der Waals surface area contributed by atoms with E-state index < -0.39 is 6.04 Å². The van der Waals surface area contributed by atoms with Crippen LogP contribution in [0.5, 0.6) is 0 Å². The van der Waals surface area contributed by atoms with E-state index in [9.17, 15) is 9.59 Å². The third kappa shape index (κ3) is 4.66. The Labute approximate surface area is 152 Å². The monoisotopic (exact) mass is 346 g/mol. The van der Waals surface area contributed by atoms with E-state index >= 15 is 0 Å². The zero-order valence-electron chi connectivity index (χ0n) is 14.3. The molecule has 1 heterocycles. The van der Waals surface area contributed by atoms with Crippen LogP contribution in [0.1, 0.15) is 22.7 Å². The van der Waals surface area contributed by atoms with Gasteiger partial charge in [0.15, 0.2) is 0 Å². The second kappa shape index (κ2) is 8.76. The highest BCUT2D eigenvalue weighted by molar-refractivity contribution is 5.86. The van der Waals surface area contributed by atoms with E-state index in [2.05, 4.69) is 15.3 Å². The topological polar surface area (TPSA) is 74.8 Å². The van der Waals surface area contributed by atoms with Crippen LogP contribution < -0.4 is 5.32 Å². The fourth-order valence-corrected chi connectivity index (χ4v) is 2.90. The van der Waals surface area contributed by atoms with E-state index in [1.165, 1.54) is 0 Å². The lowest BCUT2D eigenvalue weighted by Gasteiger charge is -2.20. The van der Waals surface area contributed by atoms with Gasteiger partial charge >= 0.3 is 0 Å². The van der Waals surface area contributed by atoms with Gasteiger partial charge in [0.1, 0.15) is 6.04 Å². The molecule has 0 fully saturated rings. The molecule has 2 atom stereocenters. The fraction of sp³-hybridized carbons (Fsp3) is 0.190. The number of hydrogen-bond donors (Lipinski definition) is 2. The predicted molar refractivity (Wildman–Crippen MR) is 99.2 cm³/mol. The van der Waals surface area contributed by atoms with Crippen molar-refractivity contribution >= 4 is 12.2 Å². The number of carbonyl (C=O) groups is 1. The molecule has 26 heavy (non-hydrogen) atoms. The summed E-state index contributed by atoms with van der Waals surface area (Å²) in [5, 5.41) is 2.81. The summed E-state index contributed by atoms with van der Waals surface area (Å²) in [7, 11) is 0. The molecule has 2 unspecified atom stereocenters. The summed E-state index contributed by atoms with van der Waals surface area (Å²) in [6.07, 6.45) is 6.02. The van der Waals surface area contributed by atoms with Gasteiger partial charge in [-0.15, -0.1) is 0 Å². The Bertz CT molecular complexity index is 817. The molecule has 0 saturated heterocycles. The number of H-pyrrole nitrogens is 1. The standard InChI is InChI=1S/C21H20N3O2/c25-14-19(12-18-13-22-15-23-18)24-21(26)20(17-9-5-2-6-10-17)11-16-7-3-1-4-8-16/h1-10,13,15,19-20H,11-12H2,(H,22,23)(H,24,26). The molecule has 1 radical (unpaired) electrons. The SMILES string of the molecule is O=[C]C(Cc1c[nH]cn1)NC(=O)C(Cc1ccccc1)c1ccccc1. The average Bonchev–Trinajstić information content (AvgIpc) is 3.20. The Morgan fingerprint density at radius 2 is 1.73 bits per heavy atom. The number of aromatic amines is 1. The van der Waals surface area contributed by atoms with Crippen molar-refractivity contribution in [2.45, 2.75) is 24.8 Å². The second-order valence-corrected chi connectivity index (χ2v) is 6.10. The minimum absolute atomic E-state index is 0.191. The minimum Gasteiger partial charge on any atom is -0.351 e. The summed E-state index contributed by atoms with van der Waals surface area (Å²) in [4.78, 5) is 31.2. The summed E-state index contributed by atoms with van der Waals surface area (Å²) >= 11 is 0. The first-order valence-corrected chi connectivity index (χ1v) is 8.51. The minimum atomic E-state index is -0.729. The van der Waals surface area contributed by atoms with Gasteiger partial charge in [-0.1, -0.05) is 60.7 Å². The Balaban J connectivity index is 1.76. The van der Waals surface area contributed by atoms with E-state index in [0.29, 0.717) is 18.5 Å². The maximum absolute atomic E-state index is 12.9. The smallest absolute Gasteiger partial charge is 0.228 e. The van der Waals surface area contributed by atoms with Crippen LogP contribution >= 0.6 is 0 Å². The van der Waals surface area contributed by atoms with Crippen LogP contribution in [0.15, 0.2) is 73.2 Å². The zero-order chi connectivity index (χ0) is 18.2. The molecule has 0 aliphatic heterocycles. The molecule has 3 aromatic rings. The lowest BCUT2D eigenvalue weighted by molar-refractivity contribution is -0.122. The van der Waals surface area contributed by atoms with Gasteiger partial charge in [-0.3, -0.25) is 9.59 Å². The predicted octanol–water partition coefficient (Wildman–Crippen LogP) is 2.57. The molecule has 0 bridgehead atoms. The number of amides is 1. The van der Waals surface area contributed by atoms with Crippen LogP contribution in [0.25, 0.3) is 0 Å². The quantitative estimate of drug-likeness (QED) is 0.658. The molecule has 5 heteroatoms. The maximum atomic E-state index is 12.9. The first-order valence-electron chi connectivity index (χ1n) is 8.51. The van der Waals surface area contributed by atoms with Gasteiger partial charge in [0.2, 0.25) is 12.2 Å². The molecule has 2 N–H and O–H groups in total. The molecule has 1 amide bonds. The van der Waals surface area contributed by atoms with Crippen molar-refractivity contribution in [2.24, 2.45) is 0 Å². The summed E-state index contributed by atoms with van der Waals surface area (Å²) in [6, 6.07) is 18.7. The van der Waals surface area contributed by atoms with Gasteiger partial charge < -0.3 is 10.3 Å². The maximum Gasteiger partial charge on any atom is 0.228 e. The van der Waals surface area contributed by atoms with Crippen LogP contribution in [0.3, 0.4) is 0 Å². The molecule has 131 valence electrons. The van der Waals surface area contributed by atoms with Crippen LogP contribution in [-0.4, -0.2) is 28.2 Å². The van der Waals surface area contributed by atoms with Gasteiger partial charge in [0.05, 0.1) is 17.9 Å². The van der Waals surface area contributed by atoms with Crippen LogP contribution in [0, 0.1) is 0 Å². The van der Waals surface area contributed by atoms with Crippen molar-refractivity contribution in [3.05, 3.63) is 90.0 Å². The highest BCUT2D eigenvalue weighted by Crippen LogP contribution is 2.21. The number of benzene rings is 2. The van der Waals surface area contributed by atoms with E-state index in [4.69, 9.17) is 0 Å². The third-order valence-electron chi connectivity index (χ3n) is 4.23. The van der Waals surface area contributed by atoms with Crippen molar-refractivity contribution < 1.29 is 9.59 Å². The van der Waals surface area contributed by atoms with Crippen molar-refractivity contribution in [3.8, 4) is 0 Å². The van der Waals surface area contributed by atoms with Gasteiger partial charge in [-0.2, -0.15) is 0 Å². The number of aromatic nitrogens is 2. The van der Waals surface area contributed by atoms with Crippen LogP contribution in [-0.2, 0) is 22.4 Å². The van der Waals surface area contributed by atoms with Crippen molar-refractivity contribution in [1.29, 1.82) is 0 Å². The lowest BCUT2D eigenvalue weighted by Crippen LogP contribution is -2.41. The molecule has 5 nitrogen and oxygen atoms in total. The first kappa shape index (κ1) is 17.6. The summed E-state index contributed by atoms with van der Waals surface area (Å²) in [5.74, 6) is -0.572. The van der Waals surface area contributed by atoms with Crippen molar-refractivity contribution in [2.75, 3.05) is 0 Å². The number of rotatable bonds is 8. The first-order chi connectivity index (χ1) is 12.8. The third-order valence-corrected chi connectivity index (χ3v) is 4.23. The Morgan fingerprint density at radius 1 is 1.04 bits per heavy atom. The normalized spacial score (nSPS) is 12.9. The molecular formula is C21H20N3O2. The number of nitrogens with zero attached hydrogens (tertiary/aromatic N) is 1. The molecule has 1 aromatic heterocycles. The Kier molecular flexibility index (Phi) is 5.93. The molecule has 2 aromatic carbocycles. The fourth-order valence-electron chi connectivity index (χ4n) is 2.90. The lowest BCUT2D eigenvalue weighted by atomic mass is 9.91. The molecule has 3 rings (SSSR count). The number of carbonyl (C=O) groups excluding carboxylic acids is 2. The molecule has 0 spiro atoms. The van der Waals surface area contributed by atoms with E-state index in [1.54, 1.807) is 12.5 Å². The van der Waals surface area contributed by atoms with Crippen molar-refractivity contribution in [1.82, 2.24) is 15.3 Å². The highest BCUT2D eigenvalue weighted by atomic mass is 16.2.